The minimum Gasteiger partial charge on any atom is -0.381 e. The molecule has 0 saturated carbocycles. The highest BCUT2D eigenvalue weighted by molar-refractivity contribution is 5.51. The maximum atomic E-state index is 14.8. The number of benzene rings is 2. The highest BCUT2D eigenvalue weighted by Crippen LogP contribution is 2.35. The lowest BCUT2D eigenvalue weighted by molar-refractivity contribution is -0.0381. The van der Waals surface area contributed by atoms with E-state index in [1.165, 1.54) is 28.2 Å². The van der Waals surface area contributed by atoms with Crippen LogP contribution in [-0.2, 0) is 12.1 Å². The third kappa shape index (κ3) is 4.40. The van der Waals surface area contributed by atoms with E-state index in [2.05, 4.69) is 25.4 Å². The molecular formula is C24H26F2N8O2. The van der Waals surface area contributed by atoms with E-state index in [1.807, 2.05) is 24.3 Å². The molecule has 0 radical (unpaired) electrons. The summed E-state index contributed by atoms with van der Waals surface area (Å²) in [6, 6.07) is 9.41. The summed E-state index contributed by atoms with van der Waals surface area (Å²) in [6.45, 7) is 4.94. The zero-order chi connectivity index (χ0) is 25.3. The number of anilines is 1. The van der Waals surface area contributed by atoms with E-state index < -0.39 is 29.0 Å². The predicted octanol–water partition coefficient (Wildman–Crippen LogP) is 1.46. The molecule has 1 aliphatic rings. The minimum atomic E-state index is -2.00. The second-order valence-electron chi connectivity index (χ2n) is 8.80. The first kappa shape index (κ1) is 23.8. The molecule has 12 heteroatoms. The molecule has 2 atom stereocenters. The first-order valence-electron chi connectivity index (χ1n) is 11.6. The molecule has 1 aliphatic heterocycles. The molecule has 0 amide bonds. The van der Waals surface area contributed by atoms with Crippen LogP contribution in [0.4, 0.5) is 14.5 Å². The second kappa shape index (κ2) is 9.63. The quantitative estimate of drug-likeness (QED) is 0.399. The predicted molar refractivity (Wildman–Crippen MR) is 128 cm³/mol. The third-order valence-corrected chi connectivity index (χ3v) is 6.63. The van der Waals surface area contributed by atoms with Gasteiger partial charge in [-0.15, -0.1) is 0 Å². The van der Waals surface area contributed by atoms with Crippen LogP contribution >= 0.6 is 0 Å². The molecule has 188 valence electrons. The van der Waals surface area contributed by atoms with Crippen LogP contribution in [0.3, 0.4) is 0 Å². The summed E-state index contributed by atoms with van der Waals surface area (Å²) >= 11 is 0. The number of nitrogens with one attached hydrogen (secondary N) is 1. The molecule has 2 aromatic carbocycles. The van der Waals surface area contributed by atoms with Crippen molar-refractivity contribution in [1.29, 1.82) is 0 Å². The summed E-state index contributed by atoms with van der Waals surface area (Å²) in [5.41, 5.74) is -1.04. The molecule has 1 saturated heterocycles. The van der Waals surface area contributed by atoms with E-state index in [9.17, 15) is 18.7 Å². The first-order valence-corrected chi connectivity index (χ1v) is 11.6. The fourth-order valence-electron chi connectivity index (χ4n) is 4.55. The highest BCUT2D eigenvalue weighted by Gasteiger charge is 2.41. The van der Waals surface area contributed by atoms with E-state index in [4.69, 9.17) is 0 Å². The van der Waals surface area contributed by atoms with E-state index >= 15 is 0 Å². The van der Waals surface area contributed by atoms with Crippen molar-refractivity contribution in [3.05, 3.63) is 89.1 Å². The van der Waals surface area contributed by atoms with Gasteiger partial charge in [0, 0.05) is 43.5 Å². The number of aliphatic hydroxyl groups is 1. The largest absolute Gasteiger partial charge is 0.381 e. The average Bonchev–Trinajstić information content (AvgIpc) is 3.53. The number of hydrogen-bond acceptors (Lipinski definition) is 7. The Hall–Kier alpha value is -3.90. The van der Waals surface area contributed by atoms with E-state index in [1.54, 1.807) is 6.92 Å². The van der Waals surface area contributed by atoms with Crippen molar-refractivity contribution in [1.82, 2.24) is 34.4 Å². The molecule has 0 spiro atoms. The maximum absolute atomic E-state index is 14.8. The van der Waals surface area contributed by atoms with Crippen molar-refractivity contribution < 1.29 is 13.9 Å². The van der Waals surface area contributed by atoms with Gasteiger partial charge in [-0.05, 0) is 37.3 Å². The van der Waals surface area contributed by atoms with E-state index in [0.29, 0.717) is 11.8 Å². The molecule has 0 aliphatic carbocycles. The van der Waals surface area contributed by atoms with Gasteiger partial charge >= 0.3 is 5.69 Å². The normalized spacial score (nSPS) is 16.6. The van der Waals surface area contributed by atoms with Crippen molar-refractivity contribution >= 4 is 5.69 Å². The monoisotopic (exact) mass is 496 g/mol. The topological polar surface area (TPSA) is 106 Å². The maximum Gasteiger partial charge on any atom is 0.350 e. The lowest BCUT2D eigenvalue weighted by atomic mass is 9.86. The van der Waals surface area contributed by atoms with Crippen LogP contribution in [0.5, 0.6) is 0 Å². The number of hydrogen-bond donors (Lipinski definition) is 2. The highest BCUT2D eigenvalue weighted by atomic mass is 19.1. The Balaban J connectivity index is 1.49. The summed E-state index contributed by atoms with van der Waals surface area (Å²) in [7, 11) is 0. The van der Waals surface area contributed by atoms with Crippen LogP contribution in [0.25, 0.3) is 5.69 Å². The number of nitrogens with zero attached hydrogens (tertiary/aromatic N) is 7. The number of halogens is 2. The van der Waals surface area contributed by atoms with Crippen LogP contribution in [-0.4, -0.2) is 60.4 Å². The summed E-state index contributed by atoms with van der Waals surface area (Å²) in [6.07, 6.45) is 3.99. The fraction of sp³-hybridized carbons (Fsp3) is 0.333. The van der Waals surface area contributed by atoms with Gasteiger partial charge in [-0.25, -0.2) is 32.5 Å². The van der Waals surface area contributed by atoms with Crippen molar-refractivity contribution in [2.45, 2.75) is 25.1 Å². The van der Waals surface area contributed by atoms with Crippen LogP contribution in [0.1, 0.15) is 18.5 Å². The summed E-state index contributed by atoms with van der Waals surface area (Å²) in [5, 5.41) is 23.3. The molecule has 5 rings (SSSR count). The number of rotatable bonds is 7. The fourth-order valence-corrected chi connectivity index (χ4v) is 4.55. The van der Waals surface area contributed by atoms with Gasteiger partial charge in [0.05, 0.1) is 18.3 Å². The van der Waals surface area contributed by atoms with Gasteiger partial charge in [0.25, 0.3) is 0 Å². The molecule has 0 unspecified atom stereocenters. The van der Waals surface area contributed by atoms with Crippen LogP contribution in [0.15, 0.2) is 66.2 Å². The second-order valence-corrected chi connectivity index (χ2v) is 8.80. The van der Waals surface area contributed by atoms with Crippen molar-refractivity contribution in [3.8, 4) is 5.69 Å². The summed E-state index contributed by atoms with van der Waals surface area (Å²) in [5.74, 6) is -1.72. The van der Waals surface area contributed by atoms with Gasteiger partial charge in [-0.2, -0.15) is 10.2 Å². The number of piperazine rings is 1. The summed E-state index contributed by atoms with van der Waals surface area (Å²) < 4.78 is 32.2. The van der Waals surface area contributed by atoms with Gasteiger partial charge in [-0.1, -0.05) is 6.07 Å². The summed E-state index contributed by atoms with van der Waals surface area (Å²) in [4.78, 5) is 19.5. The molecule has 2 aromatic heterocycles. The molecule has 1 fully saturated rings. The van der Waals surface area contributed by atoms with Gasteiger partial charge in [0.1, 0.15) is 36.2 Å². The van der Waals surface area contributed by atoms with Gasteiger partial charge < -0.3 is 15.3 Å². The molecule has 10 nitrogen and oxygen atoms in total. The third-order valence-electron chi connectivity index (χ3n) is 6.63. The van der Waals surface area contributed by atoms with Crippen molar-refractivity contribution in [3.63, 3.8) is 0 Å². The lowest BCUT2D eigenvalue weighted by Crippen LogP contribution is -2.44. The Morgan fingerprint density at radius 1 is 1.06 bits per heavy atom. The Bertz CT molecular complexity index is 1380. The van der Waals surface area contributed by atoms with Gasteiger partial charge in [-0.3, -0.25) is 0 Å². The molecule has 4 aromatic rings. The molecule has 2 N–H and O–H groups in total. The molecule has 3 heterocycles. The van der Waals surface area contributed by atoms with Gasteiger partial charge in [0.2, 0.25) is 0 Å². The molecular weight excluding hydrogens is 470 g/mol. The average molecular weight is 497 g/mol. The molecule has 36 heavy (non-hydrogen) atoms. The SMILES string of the molecule is C[C@@H](n1ncn(-c2ccc(N3CCNCC3)cc2)c1=O)[C@](O)(Cn1cncn1)c1ccc(F)cc1F. The van der Waals surface area contributed by atoms with Crippen LogP contribution in [0.2, 0.25) is 0 Å². The Morgan fingerprint density at radius 2 is 1.78 bits per heavy atom. The van der Waals surface area contributed by atoms with Gasteiger partial charge in [0.15, 0.2) is 0 Å². The van der Waals surface area contributed by atoms with Crippen molar-refractivity contribution in [2.24, 2.45) is 0 Å². The van der Waals surface area contributed by atoms with Crippen molar-refractivity contribution in [2.75, 3.05) is 31.1 Å². The zero-order valence-corrected chi connectivity index (χ0v) is 19.6. The zero-order valence-electron chi connectivity index (χ0n) is 19.6. The van der Waals surface area contributed by atoms with E-state index in [-0.39, 0.29) is 12.1 Å². The first-order chi connectivity index (χ1) is 17.4. The smallest absolute Gasteiger partial charge is 0.350 e. The lowest BCUT2D eigenvalue weighted by Gasteiger charge is -2.34. The van der Waals surface area contributed by atoms with Crippen LogP contribution in [0, 0.1) is 11.6 Å². The Kier molecular flexibility index (Phi) is 6.37. The minimum absolute atomic E-state index is 0.186. The number of aromatic nitrogens is 6. The Labute approximate surface area is 205 Å². The van der Waals surface area contributed by atoms with E-state index in [0.717, 1.165) is 48.7 Å². The standard InChI is InChI=1S/C24H26F2N8O2/c1-17(24(36,13-32-15-28-14-29-32)21-7-2-18(25)12-22(21)26)34-23(35)33(16-30-34)20-5-3-19(4-6-20)31-10-8-27-9-11-31/h2-7,12,14-17,27,36H,8-11,13H2,1H3/t17-,24-/m1/s1. The Morgan fingerprint density at radius 3 is 2.44 bits per heavy atom. The van der Waals surface area contributed by atoms with Crippen LogP contribution < -0.4 is 15.9 Å². The molecule has 0 bridgehead atoms.